The summed E-state index contributed by atoms with van der Waals surface area (Å²) >= 11 is 0. The molecule has 0 aliphatic rings. The molecule has 2 heterocycles. The molecular weight excluding hydrogens is 390 g/mol. The molecule has 31 heavy (non-hydrogen) atoms. The summed E-state index contributed by atoms with van der Waals surface area (Å²) in [5.74, 6) is 1.76. The molecule has 4 rings (SSSR count). The number of carbonyl (C=O) groups is 1. The fourth-order valence-electron chi connectivity index (χ4n) is 3.47. The molecule has 0 saturated heterocycles. The molecule has 0 unspecified atom stereocenters. The number of rotatable bonds is 9. The van der Waals surface area contributed by atoms with Gasteiger partial charge in [0.15, 0.2) is 5.82 Å². The summed E-state index contributed by atoms with van der Waals surface area (Å²) in [4.78, 5) is 16.6. The summed E-state index contributed by atoms with van der Waals surface area (Å²) in [7, 11) is 0. The lowest BCUT2D eigenvalue weighted by Crippen LogP contribution is -2.07. The summed E-state index contributed by atoms with van der Waals surface area (Å²) in [5.41, 5.74) is 4.19. The van der Waals surface area contributed by atoms with Gasteiger partial charge >= 0.3 is 0 Å². The topological polar surface area (TPSA) is 102 Å². The van der Waals surface area contributed by atoms with E-state index in [0.717, 1.165) is 47.5 Å². The zero-order valence-corrected chi connectivity index (χ0v) is 17.7. The average Bonchev–Trinajstić information content (AvgIpc) is 3.48. The number of aromatic amines is 1. The van der Waals surface area contributed by atoms with Crippen LogP contribution in [0.5, 0.6) is 0 Å². The number of nitrogens with one attached hydrogen (secondary N) is 1. The van der Waals surface area contributed by atoms with Crippen molar-refractivity contribution in [1.29, 1.82) is 0 Å². The van der Waals surface area contributed by atoms with Crippen LogP contribution >= 0.6 is 0 Å². The molecule has 0 saturated carbocycles. The minimum atomic E-state index is -0.0228. The SMILES string of the molecule is CCCCn1nc(C(=O)CC)nc1Cc1ccc(-c2ccccc2-c2nnn[nH]2)cc1. The highest BCUT2D eigenvalue weighted by Gasteiger charge is 2.16. The summed E-state index contributed by atoms with van der Waals surface area (Å²) in [6.45, 7) is 4.74. The lowest BCUT2D eigenvalue weighted by atomic mass is 9.98. The maximum atomic E-state index is 12.1. The molecule has 4 aromatic rings. The van der Waals surface area contributed by atoms with Crippen molar-refractivity contribution in [2.75, 3.05) is 0 Å². The Hall–Kier alpha value is -3.68. The van der Waals surface area contributed by atoms with E-state index in [-0.39, 0.29) is 5.78 Å². The number of nitrogens with zero attached hydrogens (tertiary/aromatic N) is 6. The second kappa shape index (κ2) is 9.42. The van der Waals surface area contributed by atoms with E-state index in [1.807, 2.05) is 29.8 Å². The zero-order chi connectivity index (χ0) is 21.6. The van der Waals surface area contributed by atoms with Crippen LogP contribution in [0.3, 0.4) is 0 Å². The van der Waals surface area contributed by atoms with Crippen LogP contribution < -0.4 is 0 Å². The quantitative estimate of drug-likeness (QED) is 0.413. The van der Waals surface area contributed by atoms with Crippen LogP contribution in [0.4, 0.5) is 0 Å². The Balaban J connectivity index is 1.59. The second-order valence-electron chi connectivity index (χ2n) is 7.37. The molecule has 0 aliphatic carbocycles. The third-order valence-electron chi connectivity index (χ3n) is 5.20. The number of hydrogen-bond donors (Lipinski definition) is 1. The Labute approximate surface area is 180 Å². The van der Waals surface area contributed by atoms with Gasteiger partial charge < -0.3 is 0 Å². The molecule has 0 atom stereocenters. The van der Waals surface area contributed by atoms with Gasteiger partial charge in [-0.05, 0) is 33.5 Å². The lowest BCUT2D eigenvalue weighted by molar-refractivity contribution is 0.0978. The zero-order valence-electron chi connectivity index (χ0n) is 17.7. The van der Waals surface area contributed by atoms with Gasteiger partial charge in [0.1, 0.15) is 5.82 Å². The highest BCUT2D eigenvalue weighted by Crippen LogP contribution is 2.30. The fourth-order valence-corrected chi connectivity index (χ4v) is 3.47. The number of aromatic nitrogens is 7. The van der Waals surface area contributed by atoms with Crippen LogP contribution in [0.2, 0.25) is 0 Å². The monoisotopic (exact) mass is 415 g/mol. The highest BCUT2D eigenvalue weighted by atomic mass is 16.1. The van der Waals surface area contributed by atoms with Gasteiger partial charge in [-0.25, -0.2) is 14.8 Å². The van der Waals surface area contributed by atoms with Crippen molar-refractivity contribution < 1.29 is 4.79 Å². The average molecular weight is 416 g/mol. The Bertz CT molecular complexity index is 1150. The van der Waals surface area contributed by atoms with Crippen LogP contribution in [0.1, 0.15) is 55.1 Å². The van der Waals surface area contributed by atoms with Crippen LogP contribution in [0.25, 0.3) is 22.5 Å². The number of H-pyrrole nitrogens is 1. The first-order valence-electron chi connectivity index (χ1n) is 10.6. The van der Waals surface area contributed by atoms with Crippen molar-refractivity contribution in [2.45, 2.75) is 46.1 Å². The first-order chi connectivity index (χ1) is 15.2. The molecule has 0 bridgehead atoms. The molecular formula is C23H25N7O. The van der Waals surface area contributed by atoms with E-state index in [2.05, 4.69) is 68.0 Å². The predicted octanol–water partition coefficient (Wildman–Crippen LogP) is 4.11. The van der Waals surface area contributed by atoms with E-state index in [1.54, 1.807) is 0 Å². The lowest BCUT2D eigenvalue weighted by Gasteiger charge is -2.09. The number of carbonyl (C=O) groups excluding carboxylic acids is 1. The molecule has 8 nitrogen and oxygen atoms in total. The molecule has 0 radical (unpaired) electrons. The van der Waals surface area contributed by atoms with Crippen molar-refractivity contribution in [3.8, 4) is 22.5 Å². The van der Waals surface area contributed by atoms with Crippen molar-refractivity contribution in [3.05, 3.63) is 65.7 Å². The smallest absolute Gasteiger partial charge is 0.217 e. The maximum Gasteiger partial charge on any atom is 0.217 e. The first kappa shape index (κ1) is 20.6. The highest BCUT2D eigenvalue weighted by molar-refractivity contribution is 5.92. The van der Waals surface area contributed by atoms with Crippen LogP contribution in [-0.2, 0) is 13.0 Å². The molecule has 0 fully saturated rings. The predicted molar refractivity (Wildman–Crippen MR) is 117 cm³/mol. The number of tetrazole rings is 1. The van der Waals surface area contributed by atoms with Crippen LogP contribution in [-0.4, -0.2) is 41.2 Å². The summed E-state index contributed by atoms with van der Waals surface area (Å²) < 4.78 is 1.88. The van der Waals surface area contributed by atoms with E-state index in [9.17, 15) is 4.79 Å². The molecule has 0 spiro atoms. The molecule has 0 amide bonds. The standard InChI is InChI=1S/C23H25N7O/c1-3-5-14-30-21(24-23(27-30)20(31)4-2)15-16-10-12-17(13-11-16)18-8-6-7-9-19(18)22-25-28-29-26-22/h6-13H,3-5,14-15H2,1-2H3,(H,25,26,28,29). The number of unbranched alkanes of at least 4 members (excludes halogenated alkanes) is 1. The molecule has 158 valence electrons. The van der Waals surface area contributed by atoms with Gasteiger partial charge in [0.05, 0.1) is 0 Å². The number of aryl methyl sites for hydroxylation is 1. The molecule has 2 aromatic carbocycles. The Morgan fingerprint density at radius 1 is 1.03 bits per heavy atom. The number of benzene rings is 2. The minimum absolute atomic E-state index is 0.0228. The van der Waals surface area contributed by atoms with Gasteiger partial charge in [0, 0.05) is 24.9 Å². The van der Waals surface area contributed by atoms with Gasteiger partial charge in [0.25, 0.3) is 0 Å². The largest absolute Gasteiger partial charge is 0.291 e. The van der Waals surface area contributed by atoms with Crippen LogP contribution in [0, 0.1) is 0 Å². The number of hydrogen-bond acceptors (Lipinski definition) is 6. The minimum Gasteiger partial charge on any atom is -0.291 e. The van der Waals surface area contributed by atoms with Gasteiger partial charge in [-0.3, -0.25) is 4.79 Å². The Morgan fingerprint density at radius 2 is 1.81 bits per heavy atom. The van der Waals surface area contributed by atoms with Crippen molar-refractivity contribution in [1.82, 2.24) is 35.4 Å². The van der Waals surface area contributed by atoms with Crippen LogP contribution in [0.15, 0.2) is 48.5 Å². The normalized spacial score (nSPS) is 11.0. The first-order valence-corrected chi connectivity index (χ1v) is 10.6. The van der Waals surface area contributed by atoms with Crippen molar-refractivity contribution >= 4 is 5.78 Å². The van der Waals surface area contributed by atoms with Crippen molar-refractivity contribution in [2.24, 2.45) is 0 Å². The third-order valence-corrected chi connectivity index (χ3v) is 5.20. The summed E-state index contributed by atoms with van der Waals surface area (Å²) in [6.07, 6.45) is 3.10. The van der Waals surface area contributed by atoms with Gasteiger partial charge in [-0.1, -0.05) is 68.8 Å². The molecule has 2 aromatic heterocycles. The van der Waals surface area contributed by atoms with E-state index in [0.29, 0.717) is 24.5 Å². The molecule has 8 heteroatoms. The summed E-state index contributed by atoms with van der Waals surface area (Å²) in [5, 5.41) is 18.7. The Kier molecular flexibility index (Phi) is 6.26. The second-order valence-corrected chi connectivity index (χ2v) is 7.37. The molecule has 1 N–H and O–H groups in total. The number of ketones is 1. The van der Waals surface area contributed by atoms with Gasteiger partial charge in [0.2, 0.25) is 11.6 Å². The fraction of sp³-hybridized carbons (Fsp3) is 0.304. The molecule has 0 aliphatic heterocycles. The maximum absolute atomic E-state index is 12.1. The van der Waals surface area contributed by atoms with E-state index < -0.39 is 0 Å². The van der Waals surface area contributed by atoms with E-state index >= 15 is 0 Å². The summed E-state index contributed by atoms with van der Waals surface area (Å²) in [6, 6.07) is 16.4. The third kappa shape index (κ3) is 4.58. The van der Waals surface area contributed by atoms with Gasteiger partial charge in [-0.15, -0.1) is 10.2 Å². The number of Topliss-reactive ketones (excluding diaryl/α,β-unsaturated/α-hetero) is 1. The van der Waals surface area contributed by atoms with Crippen molar-refractivity contribution in [3.63, 3.8) is 0 Å². The van der Waals surface area contributed by atoms with E-state index in [1.165, 1.54) is 0 Å². The van der Waals surface area contributed by atoms with Gasteiger partial charge in [-0.2, -0.15) is 0 Å². The van der Waals surface area contributed by atoms with E-state index in [4.69, 9.17) is 0 Å². The Morgan fingerprint density at radius 3 is 2.48 bits per heavy atom.